The van der Waals surface area contributed by atoms with Crippen LogP contribution in [0.5, 0.6) is 0 Å². The highest BCUT2D eigenvalue weighted by Crippen LogP contribution is 2.32. The first-order chi connectivity index (χ1) is 15.7. The molecule has 2 aromatic carbocycles. The highest BCUT2D eigenvalue weighted by molar-refractivity contribution is 6.53. The van der Waals surface area contributed by atoms with Gasteiger partial charge in [-0.15, -0.1) is 0 Å². The maximum absolute atomic E-state index is 13.1. The molecule has 0 spiro atoms. The largest absolute Gasteiger partial charge is 0.462 e. The van der Waals surface area contributed by atoms with Crippen molar-refractivity contribution in [3.63, 3.8) is 0 Å². The molecule has 33 heavy (non-hydrogen) atoms. The molecular formula is C24H23ClN2O6. The minimum Gasteiger partial charge on any atom is -0.462 e. The zero-order valence-electron chi connectivity index (χ0n) is 18.4. The summed E-state index contributed by atoms with van der Waals surface area (Å²) in [5.41, 5.74) is 0.776. The molecule has 0 radical (unpaired) electrons. The third kappa shape index (κ3) is 5.23. The number of hydrogen-bond donors (Lipinski definition) is 1. The van der Waals surface area contributed by atoms with Crippen LogP contribution in [0, 0.1) is 0 Å². The number of imide groups is 1. The van der Waals surface area contributed by atoms with Crippen molar-refractivity contribution in [1.82, 2.24) is 0 Å². The van der Waals surface area contributed by atoms with E-state index in [1.807, 2.05) is 6.92 Å². The number of esters is 2. The Hall–Kier alpha value is -3.65. The van der Waals surface area contributed by atoms with Gasteiger partial charge in [0.15, 0.2) is 0 Å². The number of nitrogens with one attached hydrogen (secondary N) is 1. The predicted octanol–water partition coefficient (Wildman–Crippen LogP) is 4.25. The normalized spacial score (nSPS) is 13.5. The van der Waals surface area contributed by atoms with Crippen LogP contribution in [0.3, 0.4) is 0 Å². The second kappa shape index (κ2) is 10.3. The van der Waals surface area contributed by atoms with Gasteiger partial charge in [-0.05, 0) is 56.7 Å². The van der Waals surface area contributed by atoms with Crippen LogP contribution in [0.1, 0.15) is 47.9 Å². The Labute approximate surface area is 196 Å². The van der Waals surface area contributed by atoms with Crippen LogP contribution in [0.25, 0.3) is 0 Å². The summed E-state index contributed by atoms with van der Waals surface area (Å²) in [6, 6.07) is 12.3. The number of nitrogens with zero attached hydrogens (tertiary/aromatic N) is 1. The Balaban J connectivity index is 1.83. The van der Waals surface area contributed by atoms with Gasteiger partial charge in [0, 0.05) is 5.69 Å². The molecule has 1 N–H and O–H groups in total. The van der Waals surface area contributed by atoms with E-state index in [9.17, 15) is 19.2 Å². The number of para-hydroxylation sites is 1. The predicted molar refractivity (Wildman–Crippen MR) is 123 cm³/mol. The molecule has 0 bridgehead atoms. The van der Waals surface area contributed by atoms with Crippen LogP contribution in [0.4, 0.5) is 11.4 Å². The Morgan fingerprint density at radius 3 is 2.30 bits per heavy atom. The van der Waals surface area contributed by atoms with Gasteiger partial charge in [0.05, 0.1) is 29.5 Å². The second-order valence-electron chi connectivity index (χ2n) is 7.44. The van der Waals surface area contributed by atoms with Crippen LogP contribution >= 0.6 is 11.6 Å². The number of benzene rings is 2. The summed E-state index contributed by atoms with van der Waals surface area (Å²) in [6.07, 6.45) is 0.333. The Bertz CT molecular complexity index is 1120. The molecule has 1 aliphatic heterocycles. The summed E-state index contributed by atoms with van der Waals surface area (Å²) in [5.74, 6) is -2.61. The van der Waals surface area contributed by atoms with Crippen LogP contribution in [0.2, 0.25) is 0 Å². The van der Waals surface area contributed by atoms with E-state index >= 15 is 0 Å². The van der Waals surface area contributed by atoms with Gasteiger partial charge in [0.1, 0.15) is 10.7 Å². The first kappa shape index (κ1) is 24.0. The molecule has 0 unspecified atom stereocenters. The molecule has 2 aromatic rings. The van der Waals surface area contributed by atoms with E-state index in [-0.39, 0.29) is 28.1 Å². The molecule has 0 atom stereocenters. The highest BCUT2D eigenvalue weighted by atomic mass is 35.5. The maximum Gasteiger partial charge on any atom is 0.340 e. The van der Waals surface area contributed by atoms with Gasteiger partial charge in [0.25, 0.3) is 11.8 Å². The van der Waals surface area contributed by atoms with Gasteiger partial charge in [-0.2, -0.15) is 0 Å². The Morgan fingerprint density at radius 2 is 1.67 bits per heavy atom. The molecule has 2 amide bonds. The fourth-order valence-electron chi connectivity index (χ4n) is 3.06. The molecule has 1 aliphatic rings. The maximum atomic E-state index is 13.1. The van der Waals surface area contributed by atoms with Gasteiger partial charge in [-0.3, -0.25) is 9.59 Å². The molecule has 0 saturated carbocycles. The standard InChI is InChI=1S/C24H23ClN2O6/c1-4-13-32-23(30)15-9-11-16(12-10-15)26-20-19(25)21(28)27(22(20)29)18-8-6-5-7-17(18)24(31)33-14(2)3/h5-12,14,26H,4,13H2,1-3H3. The fraction of sp³-hybridized carbons (Fsp3) is 0.250. The van der Waals surface area contributed by atoms with E-state index < -0.39 is 23.8 Å². The van der Waals surface area contributed by atoms with Crippen molar-refractivity contribution in [3.05, 3.63) is 70.4 Å². The van der Waals surface area contributed by atoms with E-state index in [4.69, 9.17) is 21.1 Å². The average Bonchev–Trinajstić information content (AvgIpc) is 3.00. The van der Waals surface area contributed by atoms with Crippen molar-refractivity contribution in [2.75, 3.05) is 16.8 Å². The summed E-state index contributed by atoms with van der Waals surface area (Å²) in [6.45, 7) is 5.61. The van der Waals surface area contributed by atoms with Crippen molar-refractivity contribution in [3.8, 4) is 0 Å². The number of amides is 2. The molecule has 172 valence electrons. The summed E-state index contributed by atoms with van der Waals surface area (Å²) >= 11 is 6.19. The van der Waals surface area contributed by atoms with E-state index in [1.54, 1.807) is 38.1 Å². The van der Waals surface area contributed by atoms with Crippen molar-refractivity contribution in [2.45, 2.75) is 33.3 Å². The van der Waals surface area contributed by atoms with Crippen LogP contribution in [-0.4, -0.2) is 36.5 Å². The molecular weight excluding hydrogens is 448 g/mol. The van der Waals surface area contributed by atoms with Gasteiger partial charge in [-0.25, -0.2) is 14.5 Å². The SMILES string of the molecule is CCCOC(=O)c1ccc(NC2=C(Cl)C(=O)N(c3ccccc3C(=O)OC(C)C)C2=O)cc1. The number of anilines is 2. The quantitative estimate of drug-likeness (QED) is 0.454. The topological polar surface area (TPSA) is 102 Å². The average molecular weight is 471 g/mol. The summed E-state index contributed by atoms with van der Waals surface area (Å²) in [7, 11) is 0. The lowest BCUT2D eigenvalue weighted by Gasteiger charge is -2.19. The molecule has 9 heteroatoms. The number of rotatable bonds is 8. The molecule has 0 saturated heterocycles. The Kier molecular flexibility index (Phi) is 7.50. The van der Waals surface area contributed by atoms with Crippen molar-refractivity contribution < 1.29 is 28.7 Å². The monoisotopic (exact) mass is 470 g/mol. The number of halogens is 1. The molecule has 0 aliphatic carbocycles. The first-order valence-corrected chi connectivity index (χ1v) is 10.7. The van der Waals surface area contributed by atoms with Crippen LogP contribution < -0.4 is 10.2 Å². The number of carbonyl (C=O) groups excluding carboxylic acids is 4. The van der Waals surface area contributed by atoms with Crippen molar-refractivity contribution >= 4 is 46.7 Å². The zero-order chi connectivity index (χ0) is 24.1. The first-order valence-electron chi connectivity index (χ1n) is 10.4. The lowest BCUT2D eigenvalue weighted by atomic mass is 10.1. The van der Waals surface area contributed by atoms with Gasteiger partial charge in [-0.1, -0.05) is 30.7 Å². The zero-order valence-corrected chi connectivity index (χ0v) is 19.1. The molecule has 0 aromatic heterocycles. The smallest absolute Gasteiger partial charge is 0.340 e. The Morgan fingerprint density at radius 1 is 1.00 bits per heavy atom. The summed E-state index contributed by atoms with van der Waals surface area (Å²) in [4.78, 5) is 51.2. The van der Waals surface area contributed by atoms with Gasteiger partial charge in [0.2, 0.25) is 0 Å². The minimum atomic E-state index is -0.770. The van der Waals surface area contributed by atoms with Crippen LogP contribution in [0.15, 0.2) is 59.3 Å². The number of ether oxygens (including phenoxy) is 2. The third-order valence-corrected chi connectivity index (χ3v) is 4.91. The molecule has 1 heterocycles. The lowest BCUT2D eigenvalue weighted by Crippen LogP contribution is -2.33. The molecule has 3 rings (SSSR count). The summed E-state index contributed by atoms with van der Waals surface area (Å²) < 4.78 is 10.3. The van der Waals surface area contributed by atoms with E-state index in [1.165, 1.54) is 24.3 Å². The molecule has 0 fully saturated rings. The van der Waals surface area contributed by atoms with E-state index in [0.29, 0.717) is 24.3 Å². The van der Waals surface area contributed by atoms with E-state index in [0.717, 1.165) is 4.90 Å². The lowest BCUT2D eigenvalue weighted by molar-refractivity contribution is -0.120. The van der Waals surface area contributed by atoms with E-state index in [2.05, 4.69) is 5.32 Å². The third-order valence-electron chi connectivity index (χ3n) is 4.56. The second-order valence-corrected chi connectivity index (χ2v) is 7.82. The number of hydrogen-bond acceptors (Lipinski definition) is 7. The van der Waals surface area contributed by atoms with Crippen molar-refractivity contribution in [2.24, 2.45) is 0 Å². The van der Waals surface area contributed by atoms with Gasteiger partial charge < -0.3 is 14.8 Å². The molecule has 8 nitrogen and oxygen atoms in total. The minimum absolute atomic E-state index is 0.0635. The fourth-order valence-corrected chi connectivity index (χ4v) is 3.27. The number of carbonyl (C=O) groups is 4. The highest BCUT2D eigenvalue weighted by Gasteiger charge is 2.40. The van der Waals surface area contributed by atoms with Crippen LogP contribution in [-0.2, 0) is 19.1 Å². The van der Waals surface area contributed by atoms with Gasteiger partial charge >= 0.3 is 11.9 Å². The van der Waals surface area contributed by atoms with Crippen molar-refractivity contribution in [1.29, 1.82) is 0 Å². The summed E-state index contributed by atoms with van der Waals surface area (Å²) in [5, 5.41) is 2.51.